The van der Waals surface area contributed by atoms with Crippen molar-refractivity contribution >= 4 is 0 Å². The molecule has 0 aromatic heterocycles. The van der Waals surface area contributed by atoms with Crippen LogP contribution in [-0.2, 0) is 12.8 Å². The monoisotopic (exact) mass is 363 g/mol. The molecule has 0 radical (unpaired) electrons. The van der Waals surface area contributed by atoms with Gasteiger partial charge in [0.2, 0.25) is 0 Å². The Labute approximate surface area is 167 Å². The van der Waals surface area contributed by atoms with Gasteiger partial charge in [0.05, 0.1) is 6.07 Å². The highest BCUT2D eigenvalue weighted by Gasteiger charge is 2.19. The van der Waals surface area contributed by atoms with Gasteiger partial charge in [-0.3, -0.25) is 0 Å². The zero-order valence-corrected chi connectivity index (χ0v) is 17.2. The molecule has 0 amide bonds. The summed E-state index contributed by atoms with van der Waals surface area (Å²) in [5.74, 6) is 1.60. The van der Waals surface area contributed by atoms with E-state index in [-0.39, 0.29) is 0 Å². The van der Waals surface area contributed by atoms with Crippen molar-refractivity contribution < 1.29 is 0 Å². The minimum absolute atomic E-state index is 0.709. The molecule has 0 aliphatic heterocycles. The first kappa shape index (κ1) is 21.5. The Morgan fingerprint density at radius 2 is 1.56 bits per heavy atom. The molecular formula is C26H37N. The van der Waals surface area contributed by atoms with E-state index in [0.717, 1.165) is 5.92 Å². The maximum absolute atomic E-state index is 8.50. The molecule has 1 fully saturated rings. The van der Waals surface area contributed by atoms with E-state index < -0.39 is 0 Å². The quantitative estimate of drug-likeness (QED) is 0.226. The summed E-state index contributed by atoms with van der Waals surface area (Å²) in [6, 6.07) is 11.5. The van der Waals surface area contributed by atoms with Gasteiger partial charge in [-0.15, -0.1) is 0 Å². The Bertz CT molecular complexity index is 594. The van der Waals surface area contributed by atoms with Crippen LogP contribution in [-0.4, -0.2) is 0 Å². The Kier molecular flexibility index (Phi) is 10.6. The number of nitriles is 1. The van der Waals surface area contributed by atoms with Gasteiger partial charge < -0.3 is 0 Å². The van der Waals surface area contributed by atoms with Gasteiger partial charge in [-0.25, -0.2) is 0 Å². The first-order chi connectivity index (χ1) is 13.3. The molecule has 0 bridgehead atoms. The second-order valence-corrected chi connectivity index (χ2v) is 8.17. The molecule has 0 saturated heterocycles. The molecule has 1 aliphatic rings. The van der Waals surface area contributed by atoms with Crippen molar-refractivity contribution in [1.29, 1.82) is 5.26 Å². The third-order valence-corrected chi connectivity index (χ3v) is 5.99. The number of benzene rings is 1. The molecule has 27 heavy (non-hydrogen) atoms. The van der Waals surface area contributed by atoms with E-state index in [2.05, 4.69) is 37.3 Å². The number of hydrogen-bond donors (Lipinski definition) is 0. The average molecular weight is 364 g/mol. The Balaban J connectivity index is 1.62. The molecular weight excluding hydrogens is 326 g/mol. The lowest BCUT2D eigenvalue weighted by Crippen LogP contribution is -2.13. The van der Waals surface area contributed by atoms with Crippen molar-refractivity contribution in [3.63, 3.8) is 0 Å². The number of aryl methyl sites for hydroxylation is 2. The van der Waals surface area contributed by atoms with E-state index in [4.69, 9.17) is 5.26 Å². The summed E-state index contributed by atoms with van der Waals surface area (Å²) in [5.41, 5.74) is 3.02. The number of hydrogen-bond acceptors (Lipinski definition) is 1. The number of nitrogens with zero attached hydrogens (tertiary/aromatic N) is 1. The highest BCUT2D eigenvalue weighted by molar-refractivity contribution is 5.22. The van der Waals surface area contributed by atoms with Gasteiger partial charge >= 0.3 is 0 Å². The molecule has 1 nitrogen and oxygen atoms in total. The van der Waals surface area contributed by atoms with Crippen LogP contribution < -0.4 is 0 Å². The van der Waals surface area contributed by atoms with Crippen LogP contribution in [0.25, 0.3) is 0 Å². The second kappa shape index (κ2) is 13.4. The zero-order chi connectivity index (χ0) is 19.2. The van der Waals surface area contributed by atoms with Gasteiger partial charge in [0.1, 0.15) is 0 Å². The summed E-state index contributed by atoms with van der Waals surface area (Å²) in [4.78, 5) is 0. The highest BCUT2D eigenvalue weighted by Crippen LogP contribution is 2.32. The summed E-state index contributed by atoms with van der Waals surface area (Å²) in [6.45, 7) is 2.28. The van der Waals surface area contributed by atoms with E-state index in [9.17, 15) is 0 Å². The van der Waals surface area contributed by atoms with E-state index in [1.165, 1.54) is 88.2 Å². The largest absolute Gasteiger partial charge is 0.193 e. The van der Waals surface area contributed by atoms with E-state index in [0.29, 0.717) is 5.92 Å². The molecule has 2 rings (SSSR count). The normalized spacial score (nSPS) is 20.3. The lowest BCUT2D eigenvalue weighted by Gasteiger charge is -2.26. The molecule has 0 N–H and O–H groups in total. The van der Waals surface area contributed by atoms with Crippen LogP contribution in [0.15, 0.2) is 48.6 Å². The molecule has 0 heterocycles. The predicted molar refractivity (Wildman–Crippen MR) is 117 cm³/mol. The summed E-state index contributed by atoms with van der Waals surface area (Å²) >= 11 is 0. The third-order valence-electron chi connectivity index (χ3n) is 5.99. The lowest BCUT2D eigenvalue weighted by atomic mass is 9.79. The summed E-state index contributed by atoms with van der Waals surface area (Å²) in [6.07, 6.45) is 23.7. The van der Waals surface area contributed by atoms with Crippen LogP contribution in [0.5, 0.6) is 0 Å². The van der Waals surface area contributed by atoms with Gasteiger partial charge in [-0.2, -0.15) is 5.26 Å². The molecule has 146 valence electrons. The number of rotatable bonds is 11. The minimum atomic E-state index is 0.709. The first-order valence-electron chi connectivity index (χ1n) is 11.1. The standard InChI is InChI=1S/C26H37N/c1-2-3-4-5-7-10-23-12-16-25(17-13-23)20-21-26-18-14-24(15-19-26)11-8-6-9-22-27/h6,8-9,11-13,16-17,24,26H,2-5,7,10,14-15,18-21H2,1H3. The fourth-order valence-electron chi connectivity index (χ4n) is 4.17. The van der Waals surface area contributed by atoms with Crippen LogP contribution in [0.2, 0.25) is 0 Å². The van der Waals surface area contributed by atoms with Crippen LogP contribution in [0.3, 0.4) is 0 Å². The molecule has 1 aromatic rings. The van der Waals surface area contributed by atoms with Crippen LogP contribution in [0.4, 0.5) is 0 Å². The molecule has 0 atom stereocenters. The summed E-state index contributed by atoms with van der Waals surface area (Å²) in [5, 5.41) is 8.50. The van der Waals surface area contributed by atoms with Crippen LogP contribution in [0, 0.1) is 23.2 Å². The highest BCUT2D eigenvalue weighted by atomic mass is 14.2. The van der Waals surface area contributed by atoms with Crippen LogP contribution >= 0.6 is 0 Å². The van der Waals surface area contributed by atoms with Crippen molar-refractivity contribution in [1.82, 2.24) is 0 Å². The third kappa shape index (κ3) is 9.09. The Morgan fingerprint density at radius 1 is 0.889 bits per heavy atom. The van der Waals surface area contributed by atoms with Gasteiger partial charge in [0.25, 0.3) is 0 Å². The SMILES string of the molecule is CCCCCCCc1ccc(CCC2CCC(C=CC=CC#N)CC2)cc1. The topological polar surface area (TPSA) is 23.8 Å². The fraction of sp³-hybridized carbons (Fsp3) is 0.577. The Hall–Kier alpha value is -1.81. The predicted octanol–water partition coefficient (Wildman–Crippen LogP) is 7.57. The molecule has 0 unspecified atom stereocenters. The van der Waals surface area contributed by atoms with E-state index in [1.54, 1.807) is 6.08 Å². The average Bonchev–Trinajstić information content (AvgIpc) is 2.71. The van der Waals surface area contributed by atoms with Crippen LogP contribution in [0.1, 0.15) is 82.3 Å². The van der Waals surface area contributed by atoms with Crippen molar-refractivity contribution in [3.05, 3.63) is 59.7 Å². The molecule has 1 aliphatic carbocycles. The fourth-order valence-corrected chi connectivity index (χ4v) is 4.17. The first-order valence-corrected chi connectivity index (χ1v) is 11.1. The molecule has 1 aromatic carbocycles. The van der Waals surface area contributed by atoms with Gasteiger partial charge in [-0.1, -0.05) is 75.1 Å². The lowest BCUT2D eigenvalue weighted by molar-refractivity contribution is 0.296. The molecule has 1 saturated carbocycles. The summed E-state index contributed by atoms with van der Waals surface area (Å²) < 4.78 is 0. The zero-order valence-electron chi connectivity index (χ0n) is 17.2. The van der Waals surface area contributed by atoms with E-state index >= 15 is 0 Å². The smallest absolute Gasteiger partial charge is 0.0912 e. The maximum Gasteiger partial charge on any atom is 0.0912 e. The molecule has 1 heteroatoms. The summed E-state index contributed by atoms with van der Waals surface area (Å²) in [7, 11) is 0. The maximum atomic E-state index is 8.50. The van der Waals surface area contributed by atoms with Gasteiger partial charge in [0, 0.05) is 6.08 Å². The van der Waals surface area contributed by atoms with Crippen molar-refractivity contribution in [3.8, 4) is 6.07 Å². The van der Waals surface area contributed by atoms with Crippen molar-refractivity contribution in [2.75, 3.05) is 0 Å². The van der Waals surface area contributed by atoms with Crippen molar-refractivity contribution in [2.45, 2.75) is 84.0 Å². The van der Waals surface area contributed by atoms with Crippen molar-refractivity contribution in [2.24, 2.45) is 11.8 Å². The van der Waals surface area contributed by atoms with E-state index in [1.807, 2.05) is 18.2 Å². The second-order valence-electron chi connectivity index (χ2n) is 8.17. The number of unbranched alkanes of at least 4 members (excludes halogenated alkanes) is 4. The minimum Gasteiger partial charge on any atom is -0.193 e. The molecule has 0 spiro atoms. The Morgan fingerprint density at radius 3 is 2.22 bits per heavy atom. The van der Waals surface area contributed by atoms with Gasteiger partial charge in [0.15, 0.2) is 0 Å². The van der Waals surface area contributed by atoms with Gasteiger partial charge in [-0.05, 0) is 74.3 Å². The number of allylic oxidation sites excluding steroid dienone is 4.